The standard InChI is InChI=1S/C40H62N6O2/c1-43(2)35-25-21-33(22-26-35)41-39(47)45(37-13-9-5-6-10-14-37)29-31-17-19-32(20-18-31)30-46(38-15-11-7-8-12-16-38)40(48)42-34-23-27-36(28-24-34)44(3)4/h21-28,31-32,37-38H,5-20,29-30H2,1-4H3,(H,41,47)(H,42,48)/t31-,32-. The van der Waals surface area contributed by atoms with E-state index in [0.717, 1.165) is 87.2 Å². The smallest absolute Gasteiger partial charge is 0.322 e. The molecule has 0 saturated heterocycles. The van der Waals surface area contributed by atoms with Gasteiger partial charge < -0.3 is 30.2 Å². The molecule has 2 N–H and O–H groups in total. The van der Waals surface area contributed by atoms with Gasteiger partial charge in [0.25, 0.3) is 0 Å². The van der Waals surface area contributed by atoms with Crippen LogP contribution in [0.1, 0.15) is 103 Å². The summed E-state index contributed by atoms with van der Waals surface area (Å²) in [6, 6.07) is 17.0. The zero-order valence-corrected chi connectivity index (χ0v) is 30.3. The highest BCUT2D eigenvalue weighted by Gasteiger charge is 2.33. The summed E-state index contributed by atoms with van der Waals surface area (Å²) in [4.78, 5) is 36.3. The number of carbonyl (C=O) groups is 2. The first-order chi connectivity index (χ1) is 23.3. The molecule has 2 aromatic rings. The minimum Gasteiger partial charge on any atom is -0.378 e. The minimum absolute atomic E-state index is 0.0523. The lowest BCUT2D eigenvalue weighted by molar-refractivity contribution is 0.126. The van der Waals surface area contributed by atoms with Gasteiger partial charge >= 0.3 is 12.1 Å². The van der Waals surface area contributed by atoms with Gasteiger partial charge in [0.15, 0.2) is 0 Å². The Balaban J connectivity index is 1.21. The molecule has 0 bridgehead atoms. The van der Waals surface area contributed by atoms with Crippen molar-refractivity contribution in [2.45, 2.75) is 115 Å². The van der Waals surface area contributed by atoms with Crippen molar-refractivity contribution in [1.82, 2.24) is 9.80 Å². The predicted octanol–water partition coefficient (Wildman–Crippen LogP) is 9.44. The van der Waals surface area contributed by atoms with Crippen LogP contribution in [-0.2, 0) is 0 Å². The molecule has 2 aromatic carbocycles. The number of hydrogen-bond acceptors (Lipinski definition) is 4. The number of carbonyl (C=O) groups excluding carboxylic acids is 2. The van der Waals surface area contributed by atoms with Gasteiger partial charge in [-0.1, -0.05) is 51.4 Å². The molecule has 0 aromatic heterocycles. The molecule has 0 heterocycles. The quantitative estimate of drug-likeness (QED) is 0.250. The van der Waals surface area contributed by atoms with E-state index in [-0.39, 0.29) is 12.1 Å². The van der Waals surface area contributed by atoms with Crippen LogP contribution in [0.4, 0.5) is 32.3 Å². The van der Waals surface area contributed by atoms with Crippen molar-refractivity contribution in [3.05, 3.63) is 48.5 Å². The Hall–Kier alpha value is -3.42. The molecule has 3 fully saturated rings. The zero-order chi connectivity index (χ0) is 33.9. The first kappa shape index (κ1) is 35.9. The Morgan fingerprint density at radius 1 is 0.500 bits per heavy atom. The lowest BCUT2D eigenvalue weighted by atomic mass is 9.81. The number of amides is 4. The molecule has 264 valence electrons. The molecule has 3 aliphatic rings. The summed E-state index contributed by atoms with van der Waals surface area (Å²) in [5.74, 6) is 1.00. The van der Waals surface area contributed by atoms with Gasteiger partial charge in [-0.15, -0.1) is 0 Å². The molecule has 4 amide bonds. The van der Waals surface area contributed by atoms with Gasteiger partial charge in [-0.2, -0.15) is 0 Å². The van der Waals surface area contributed by atoms with E-state index in [0.29, 0.717) is 23.9 Å². The Labute approximate surface area is 290 Å². The van der Waals surface area contributed by atoms with E-state index in [1.54, 1.807) is 0 Å². The van der Waals surface area contributed by atoms with Crippen LogP contribution in [0.3, 0.4) is 0 Å². The number of hydrogen-bond donors (Lipinski definition) is 2. The lowest BCUT2D eigenvalue weighted by Gasteiger charge is -2.39. The summed E-state index contributed by atoms with van der Waals surface area (Å²) in [5, 5.41) is 6.50. The maximum atomic E-state index is 13.9. The average molecular weight is 659 g/mol. The molecule has 48 heavy (non-hydrogen) atoms. The summed E-state index contributed by atoms with van der Waals surface area (Å²) in [5.41, 5.74) is 3.97. The second-order valence-electron chi connectivity index (χ2n) is 15.2. The molecule has 0 unspecified atom stereocenters. The van der Waals surface area contributed by atoms with Gasteiger partial charge in [0.2, 0.25) is 0 Å². The van der Waals surface area contributed by atoms with Gasteiger partial charge in [0, 0.05) is 76.1 Å². The van der Waals surface area contributed by atoms with Crippen LogP contribution < -0.4 is 20.4 Å². The van der Waals surface area contributed by atoms with Crippen LogP contribution in [0.2, 0.25) is 0 Å². The Morgan fingerprint density at radius 3 is 1.10 bits per heavy atom. The number of anilines is 4. The summed E-state index contributed by atoms with van der Waals surface area (Å²) in [6.07, 6.45) is 18.8. The van der Waals surface area contributed by atoms with E-state index in [4.69, 9.17) is 0 Å². The minimum atomic E-state index is 0.0523. The van der Waals surface area contributed by atoms with Crippen molar-refractivity contribution in [1.29, 1.82) is 0 Å². The molecule has 3 aliphatic carbocycles. The van der Waals surface area contributed by atoms with E-state index in [9.17, 15) is 9.59 Å². The first-order valence-electron chi connectivity index (χ1n) is 19.0. The molecule has 8 nitrogen and oxygen atoms in total. The van der Waals surface area contributed by atoms with Crippen molar-refractivity contribution in [2.24, 2.45) is 11.8 Å². The van der Waals surface area contributed by atoms with E-state index in [1.807, 2.05) is 52.5 Å². The van der Waals surface area contributed by atoms with Gasteiger partial charge in [-0.05, 0) is 112 Å². The van der Waals surface area contributed by atoms with Gasteiger partial charge in [0.1, 0.15) is 0 Å². The summed E-state index contributed by atoms with van der Waals surface area (Å²) < 4.78 is 0. The average Bonchev–Trinajstić information content (AvgIpc) is 3.53. The maximum Gasteiger partial charge on any atom is 0.322 e. The third-order valence-corrected chi connectivity index (χ3v) is 11.2. The fraction of sp³-hybridized carbons (Fsp3) is 0.650. The number of nitrogens with zero attached hydrogens (tertiary/aromatic N) is 4. The predicted molar refractivity (Wildman–Crippen MR) is 201 cm³/mol. The molecular weight excluding hydrogens is 596 g/mol. The van der Waals surface area contributed by atoms with Crippen LogP contribution >= 0.6 is 0 Å². The second kappa shape index (κ2) is 17.8. The Kier molecular flexibility index (Phi) is 13.3. The molecular formula is C40H62N6O2. The maximum absolute atomic E-state index is 13.9. The molecule has 0 aliphatic heterocycles. The molecule has 0 radical (unpaired) electrons. The Bertz CT molecular complexity index is 1160. The van der Waals surface area contributed by atoms with E-state index in [2.05, 4.69) is 54.5 Å². The number of benzene rings is 2. The van der Waals surface area contributed by atoms with E-state index in [1.165, 1.54) is 51.4 Å². The topological polar surface area (TPSA) is 71.2 Å². The van der Waals surface area contributed by atoms with Crippen LogP contribution in [0.25, 0.3) is 0 Å². The van der Waals surface area contributed by atoms with Crippen molar-refractivity contribution < 1.29 is 9.59 Å². The van der Waals surface area contributed by atoms with Crippen molar-refractivity contribution in [3.63, 3.8) is 0 Å². The third kappa shape index (κ3) is 10.3. The number of rotatable bonds is 10. The van der Waals surface area contributed by atoms with Crippen LogP contribution in [0.5, 0.6) is 0 Å². The highest BCUT2D eigenvalue weighted by atomic mass is 16.2. The highest BCUT2D eigenvalue weighted by molar-refractivity contribution is 5.90. The van der Waals surface area contributed by atoms with Gasteiger partial charge in [-0.25, -0.2) is 9.59 Å². The van der Waals surface area contributed by atoms with Crippen LogP contribution in [-0.4, -0.2) is 75.2 Å². The number of urea groups is 2. The lowest BCUT2D eigenvalue weighted by Crippen LogP contribution is -2.47. The monoisotopic (exact) mass is 658 g/mol. The molecule has 5 rings (SSSR count). The third-order valence-electron chi connectivity index (χ3n) is 11.2. The van der Waals surface area contributed by atoms with Gasteiger partial charge in [-0.3, -0.25) is 0 Å². The summed E-state index contributed by atoms with van der Waals surface area (Å²) >= 11 is 0. The summed E-state index contributed by atoms with van der Waals surface area (Å²) in [6.45, 7) is 1.66. The second-order valence-corrected chi connectivity index (χ2v) is 15.2. The fourth-order valence-corrected chi connectivity index (χ4v) is 8.16. The molecule has 8 heteroatoms. The molecule has 0 spiro atoms. The normalized spacial score (nSPS) is 21.0. The molecule has 0 atom stereocenters. The number of nitrogens with one attached hydrogen (secondary N) is 2. The Morgan fingerprint density at radius 2 is 0.812 bits per heavy atom. The zero-order valence-electron chi connectivity index (χ0n) is 30.3. The summed E-state index contributed by atoms with van der Waals surface area (Å²) in [7, 11) is 8.13. The SMILES string of the molecule is CN(C)c1ccc(NC(=O)N(C[C@H]2CC[C@H](CN(C(=O)Nc3ccc(N(C)C)cc3)C3CCCCCC3)CC2)C2CCCCCC2)cc1. The van der Waals surface area contributed by atoms with E-state index < -0.39 is 0 Å². The van der Waals surface area contributed by atoms with Crippen LogP contribution in [0, 0.1) is 11.8 Å². The van der Waals surface area contributed by atoms with E-state index >= 15 is 0 Å². The van der Waals surface area contributed by atoms with Crippen molar-refractivity contribution in [2.75, 3.05) is 61.7 Å². The fourth-order valence-electron chi connectivity index (χ4n) is 8.16. The first-order valence-corrected chi connectivity index (χ1v) is 19.0. The van der Waals surface area contributed by atoms with Crippen LogP contribution in [0.15, 0.2) is 48.5 Å². The molecule has 3 saturated carbocycles. The largest absolute Gasteiger partial charge is 0.378 e. The van der Waals surface area contributed by atoms with Crippen molar-refractivity contribution in [3.8, 4) is 0 Å². The highest BCUT2D eigenvalue weighted by Crippen LogP contribution is 2.34. The van der Waals surface area contributed by atoms with Gasteiger partial charge in [0.05, 0.1) is 0 Å². The van der Waals surface area contributed by atoms with Crippen molar-refractivity contribution >= 4 is 34.8 Å².